The number of carbonyl (C=O) groups is 1. The van der Waals surface area contributed by atoms with Crippen molar-refractivity contribution in [1.82, 2.24) is 15.0 Å². The lowest BCUT2D eigenvalue weighted by Gasteiger charge is -2.07. The van der Waals surface area contributed by atoms with Crippen molar-refractivity contribution >= 4 is 12.0 Å². The molecule has 0 saturated carbocycles. The van der Waals surface area contributed by atoms with Crippen LogP contribution in [0.15, 0.2) is 30.5 Å². The molecule has 0 unspecified atom stereocenters. The SMILES string of the molecule is Cn1cc(COc2ccc(F)cc2/C=C/C(=O)O)nn1. The maximum Gasteiger partial charge on any atom is 0.328 e. The third-order valence-electron chi connectivity index (χ3n) is 2.40. The first-order chi connectivity index (χ1) is 9.54. The van der Waals surface area contributed by atoms with Gasteiger partial charge in [0.15, 0.2) is 0 Å². The van der Waals surface area contributed by atoms with Crippen molar-refractivity contribution in [3.63, 3.8) is 0 Å². The average Bonchev–Trinajstić information content (AvgIpc) is 2.81. The van der Waals surface area contributed by atoms with Crippen molar-refractivity contribution in [2.45, 2.75) is 6.61 Å². The van der Waals surface area contributed by atoms with Gasteiger partial charge in [-0.3, -0.25) is 4.68 Å². The Morgan fingerprint density at radius 1 is 1.55 bits per heavy atom. The molecule has 0 fully saturated rings. The van der Waals surface area contributed by atoms with Gasteiger partial charge in [0.2, 0.25) is 0 Å². The Morgan fingerprint density at radius 2 is 2.35 bits per heavy atom. The number of rotatable bonds is 5. The molecule has 1 N–H and O–H groups in total. The van der Waals surface area contributed by atoms with Crippen LogP contribution in [0.1, 0.15) is 11.3 Å². The second-order valence-corrected chi connectivity index (χ2v) is 4.03. The second kappa shape index (κ2) is 5.96. The summed E-state index contributed by atoms with van der Waals surface area (Å²) in [6, 6.07) is 3.88. The zero-order chi connectivity index (χ0) is 14.5. The van der Waals surface area contributed by atoms with E-state index in [2.05, 4.69) is 10.3 Å². The van der Waals surface area contributed by atoms with Crippen molar-refractivity contribution in [3.8, 4) is 5.75 Å². The molecule has 0 bridgehead atoms. The Kier molecular flexibility index (Phi) is 4.09. The second-order valence-electron chi connectivity index (χ2n) is 4.03. The zero-order valence-electron chi connectivity index (χ0n) is 10.7. The first-order valence-corrected chi connectivity index (χ1v) is 5.73. The van der Waals surface area contributed by atoms with E-state index >= 15 is 0 Å². The molecule has 104 valence electrons. The molecule has 0 spiro atoms. The highest BCUT2D eigenvalue weighted by Gasteiger charge is 2.06. The topological polar surface area (TPSA) is 77.2 Å². The smallest absolute Gasteiger partial charge is 0.328 e. The van der Waals surface area contributed by atoms with Crippen LogP contribution in [0.25, 0.3) is 6.08 Å². The van der Waals surface area contributed by atoms with Crippen LogP contribution in [0.2, 0.25) is 0 Å². The Labute approximate surface area is 114 Å². The highest BCUT2D eigenvalue weighted by atomic mass is 19.1. The lowest BCUT2D eigenvalue weighted by Crippen LogP contribution is -1.98. The van der Waals surface area contributed by atoms with E-state index in [1.54, 1.807) is 13.2 Å². The molecule has 0 aliphatic rings. The molecule has 20 heavy (non-hydrogen) atoms. The normalized spacial score (nSPS) is 10.9. The van der Waals surface area contributed by atoms with Crippen LogP contribution in [0, 0.1) is 5.82 Å². The summed E-state index contributed by atoms with van der Waals surface area (Å²) in [5.74, 6) is -1.22. The molecule has 2 rings (SSSR count). The van der Waals surface area contributed by atoms with E-state index in [1.165, 1.54) is 29.0 Å². The monoisotopic (exact) mass is 277 g/mol. The Balaban J connectivity index is 2.15. The Morgan fingerprint density at radius 3 is 3.00 bits per heavy atom. The number of carboxylic acids is 1. The average molecular weight is 277 g/mol. The summed E-state index contributed by atoms with van der Waals surface area (Å²) in [6.45, 7) is 0.160. The summed E-state index contributed by atoms with van der Waals surface area (Å²) in [7, 11) is 1.73. The minimum absolute atomic E-state index is 0.160. The van der Waals surface area contributed by atoms with Crippen molar-refractivity contribution in [2.24, 2.45) is 7.05 Å². The summed E-state index contributed by atoms with van der Waals surface area (Å²) in [6.07, 6.45) is 3.89. The van der Waals surface area contributed by atoms with Gasteiger partial charge in [-0.05, 0) is 24.3 Å². The summed E-state index contributed by atoms with van der Waals surface area (Å²) in [4.78, 5) is 10.5. The molecule has 0 aliphatic heterocycles. The fourth-order valence-electron chi connectivity index (χ4n) is 1.56. The highest BCUT2D eigenvalue weighted by molar-refractivity contribution is 5.85. The molecule has 0 saturated heterocycles. The molecular formula is C13H12FN3O3. The van der Waals surface area contributed by atoms with Gasteiger partial charge in [-0.1, -0.05) is 5.21 Å². The number of ether oxygens (including phenoxy) is 1. The quantitative estimate of drug-likeness (QED) is 0.840. The Hall–Kier alpha value is -2.70. The van der Waals surface area contributed by atoms with Gasteiger partial charge < -0.3 is 9.84 Å². The molecule has 6 nitrogen and oxygen atoms in total. The lowest BCUT2D eigenvalue weighted by molar-refractivity contribution is -0.131. The van der Waals surface area contributed by atoms with E-state index in [0.29, 0.717) is 17.0 Å². The number of halogens is 1. The van der Waals surface area contributed by atoms with Crippen LogP contribution >= 0.6 is 0 Å². The van der Waals surface area contributed by atoms with Gasteiger partial charge in [0.25, 0.3) is 0 Å². The molecule has 7 heteroatoms. The van der Waals surface area contributed by atoms with E-state index in [-0.39, 0.29) is 6.61 Å². The third-order valence-corrected chi connectivity index (χ3v) is 2.40. The van der Waals surface area contributed by atoms with Crippen LogP contribution in [-0.4, -0.2) is 26.1 Å². The molecular weight excluding hydrogens is 265 g/mol. The van der Waals surface area contributed by atoms with Gasteiger partial charge in [-0.15, -0.1) is 5.10 Å². The number of aryl methyl sites for hydroxylation is 1. The number of benzene rings is 1. The lowest BCUT2D eigenvalue weighted by atomic mass is 10.2. The maximum absolute atomic E-state index is 13.2. The number of hydrogen-bond donors (Lipinski definition) is 1. The van der Waals surface area contributed by atoms with Crippen molar-refractivity contribution in [3.05, 3.63) is 47.5 Å². The van der Waals surface area contributed by atoms with E-state index in [4.69, 9.17) is 9.84 Å². The van der Waals surface area contributed by atoms with Crippen molar-refractivity contribution in [2.75, 3.05) is 0 Å². The molecule has 0 radical (unpaired) electrons. The van der Waals surface area contributed by atoms with Crippen LogP contribution in [0.3, 0.4) is 0 Å². The Bertz CT molecular complexity index is 652. The minimum atomic E-state index is -1.12. The van der Waals surface area contributed by atoms with Crippen LogP contribution in [0.5, 0.6) is 5.75 Å². The number of aromatic nitrogens is 3. The van der Waals surface area contributed by atoms with Crippen LogP contribution < -0.4 is 4.74 Å². The van der Waals surface area contributed by atoms with E-state index < -0.39 is 11.8 Å². The van der Waals surface area contributed by atoms with Crippen LogP contribution in [-0.2, 0) is 18.4 Å². The molecule has 0 atom stereocenters. The first-order valence-electron chi connectivity index (χ1n) is 5.73. The van der Waals surface area contributed by atoms with E-state index in [9.17, 15) is 9.18 Å². The third kappa shape index (κ3) is 3.64. The number of nitrogens with zero attached hydrogens (tertiary/aromatic N) is 3. The summed E-state index contributed by atoms with van der Waals surface area (Å²) >= 11 is 0. The van der Waals surface area contributed by atoms with Crippen molar-refractivity contribution in [1.29, 1.82) is 0 Å². The zero-order valence-corrected chi connectivity index (χ0v) is 10.7. The van der Waals surface area contributed by atoms with Gasteiger partial charge in [-0.25, -0.2) is 9.18 Å². The predicted molar refractivity (Wildman–Crippen MR) is 68.4 cm³/mol. The van der Waals surface area contributed by atoms with Gasteiger partial charge in [0, 0.05) is 18.7 Å². The fourth-order valence-corrected chi connectivity index (χ4v) is 1.56. The molecule has 1 heterocycles. The van der Waals surface area contributed by atoms with E-state index in [1.807, 2.05) is 0 Å². The number of carboxylic acid groups (broad SMARTS) is 1. The molecule has 0 amide bonds. The molecule has 0 aliphatic carbocycles. The van der Waals surface area contributed by atoms with Crippen molar-refractivity contribution < 1.29 is 19.0 Å². The predicted octanol–water partition coefficient (Wildman–Crippen LogP) is 1.63. The number of aliphatic carboxylic acids is 1. The first kappa shape index (κ1) is 13.7. The standard InChI is InChI=1S/C13H12FN3O3/c1-17-7-11(15-16-17)8-20-12-4-3-10(14)6-9(12)2-5-13(18)19/h2-7H,8H2,1H3,(H,18,19)/b5-2+. The molecule has 1 aromatic heterocycles. The fraction of sp³-hybridized carbons (Fsp3) is 0.154. The van der Waals surface area contributed by atoms with Gasteiger partial charge in [-0.2, -0.15) is 0 Å². The summed E-state index contributed by atoms with van der Waals surface area (Å²) in [5.41, 5.74) is 0.960. The summed E-state index contributed by atoms with van der Waals surface area (Å²) in [5, 5.41) is 16.2. The number of hydrogen-bond acceptors (Lipinski definition) is 4. The maximum atomic E-state index is 13.2. The van der Waals surface area contributed by atoms with Gasteiger partial charge >= 0.3 is 5.97 Å². The molecule has 1 aromatic carbocycles. The van der Waals surface area contributed by atoms with Gasteiger partial charge in [0.1, 0.15) is 23.9 Å². The van der Waals surface area contributed by atoms with Crippen LogP contribution in [0.4, 0.5) is 4.39 Å². The van der Waals surface area contributed by atoms with E-state index in [0.717, 1.165) is 6.08 Å². The largest absolute Gasteiger partial charge is 0.487 e. The summed E-state index contributed by atoms with van der Waals surface area (Å²) < 4.78 is 20.2. The molecule has 2 aromatic rings. The highest BCUT2D eigenvalue weighted by Crippen LogP contribution is 2.22. The minimum Gasteiger partial charge on any atom is -0.487 e. The van der Waals surface area contributed by atoms with Gasteiger partial charge in [0.05, 0.1) is 6.20 Å².